The molecule has 10 heteroatoms. The molecule has 0 unspecified atom stereocenters. The maximum atomic E-state index is 12.6. The van der Waals surface area contributed by atoms with Crippen LogP contribution in [0.25, 0.3) is 5.69 Å². The number of benzene rings is 2. The Balaban J connectivity index is 1.58. The zero-order valence-corrected chi connectivity index (χ0v) is 18.6. The molecule has 4 rings (SSSR count). The van der Waals surface area contributed by atoms with Gasteiger partial charge < -0.3 is 19.5 Å². The van der Waals surface area contributed by atoms with E-state index in [0.717, 1.165) is 4.57 Å². The molecule has 2 N–H and O–H groups in total. The van der Waals surface area contributed by atoms with Crippen LogP contribution in [0.2, 0.25) is 0 Å². The van der Waals surface area contributed by atoms with E-state index in [-0.39, 0.29) is 11.5 Å². The number of rotatable bonds is 6. The van der Waals surface area contributed by atoms with Crippen LogP contribution in [-0.2, 0) is 4.74 Å². The molecule has 0 saturated carbocycles. The Morgan fingerprint density at radius 1 is 1.12 bits per heavy atom. The highest BCUT2D eigenvalue weighted by Gasteiger charge is 2.18. The topological polar surface area (TPSA) is 126 Å². The lowest BCUT2D eigenvalue weighted by Gasteiger charge is -2.26. The number of hydrogen-bond donors (Lipinski definition) is 2. The third-order valence-electron chi connectivity index (χ3n) is 5.28. The van der Waals surface area contributed by atoms with Gasteiger partial charge in [-0.2, -0.15) is 0 Å². The summed E-state index contributed by atoms with van der Waals surface area (Å²) in [6, 6.07) is 13.1. The summed E-state index contributed by atoms with van der Waals surface area (Å²) in [6.07, 6.45) is 1.18. The monoisotopic (exact) mass is 464 g/mol. The Morgan fingerprint density at radius 3 is 2.44 bits per heavy atom. The van der Waals surface area contributed by atoms with Crippen molar-refractivity contribution in [2.75, 3.05) is 32.9 Å². The fourth-order valence-electron chi connectivity index (χ4n) is 3.53. The van der Waals surface area contributed by atoms with Crippen LogP contribution in [0.1, 0.15) is 22.8 Å². The van der Waals surface area contributed by atoms with Gasteiger partial charge in [0.05, 0.1) is 31.2 Å². The molecule has 2 aromatic carbocycles. The molecule has 3 aromatic rings. The molecule has 0 aliphatic carbocycles. The smallest absolute Gasteiger partial charge is 0.335 e. The molecule has 1 saturated heterocycles. The zero-order valence-electron chi connectivity index (χ0n) is 18.6. The number of morpholine rings is 1. The maximum absolute atomic E-state index is 12.6. The predicted octanol–water partition coefficient (Wildman–Crippen LogP) is 1.85. The van der Waals surface area contributed by atoms with Crippen LogP contribution in [0.4, 0.5) is 5.69 Å². The highest BCUT2D eigenvalue weighted by Crippen LogP contribution is 2.20. The number of aromatic amines is 1. The van der Waals surface area contributed by atoms with Crippen LogP contribution in [0.3, 0.4) is 0 Å². The van der Waals surface area contributed by atoms with Crippen molar-refractivity contribution in [3.05, 3.63) is 80.5 Å². The summed E-state index contributed by atoms with van der Waals surface area (Å²) in [5, 5.41) is 10.7. The lowest BCUT2D eigenvalue weighted by atomic mass is 10.1. The van der Waals surface area contributed by atoms with E-state index < -0.39 is 17.1 Å². The molecule has 34 heavy (non-hydrogen) atoms. The number of amides is 1. The SMILES string of the molecule is CCOc1ccc(-n2c(O)c(C=Nc3ccc(C(=O)N4CCOCC4)cc3)c(=O)[nH]c2=O)cc1. The number of aliphatic imine (C=N–C) groups is 1. The van der Waals surface area contributed by atoms with Crippen LogP contribution in [0.15, 0.2) is 63.1 Å². The Hall–Kier alpha value is -4.18. The van der Waals surface area contributed by atoms with E-state index in [1.165, 1.54) is 6.21 Å². The van der Waals surface area contributed by atoms with Gasteiger partial charge in [0.1, 0.15) is 11.3 Å². The quantitative estimate of drug-likeness (QED) is 0.536. The van der Waals surface area contributed by atoms with E-state index in [2.05, 4.69) is 9.98 Å². The molecule has 1 amide bonds. The van der Waals surface area contributed by atoms with E-state index in [1.807, 2.05) is 6.92 Å². The van der Waals surface area contributed by atoms with Crippen LogP contribution < -0.4 is 16.0 Å². The molecule has 1 aliphatic rings. The normalized spacial score (nSPS) is 13.9. The number of nitrogens with one attached hydrogen (secondary N) is 1. The fourth-order valence-corrected chi connectivity index (χ4v) is 3.53. The van der Waals surface area contributed by atoms with Crippen LogP contribution in [0.5, 0.6) is 11.6 Å². The van der Waals surface area contributed by atoms with Crippen molar-refractivity contribution >= 4 is 17.8 Å². The van der Waals surface area contributed by atoms with Gasteiger partial charge in [-0.3, -0.25) is 19.6 Å². The Bertz CT molecular complexity index is 1300. The summed E-state index contributed by atoms with van der Waals surface area (Å²) in [7, 11) is 0. The predicted molar refractivity (Wildman–Crippen MR) is 126 cm³/mol. The first kappa shape index (κ1) is 23.0. The van der Waals surface area contributed by atoms with Crippen LogP contribution in [0, 0.1) is 0 Å². The number of nitrogens with zero attached hydrogens (tertiary/aromatic N) is 3. The summed E-state index contributed by atoms with van der Waals surface area (Å²) in [5.41, 5.74) is -0.395. The zero-order chi connectivity index (χ0) is 24.1. The molecule has 0 radical (unpaired) electrons. The molecule has 10 nitrogen and oxygen atoms in total. The van der Waals surface area contributed by atoms with Gasteiger partial charge in [0.25, 0.3) is 11.5 Å². The van der Waals surface area contributed by atoms with Crippen molar-refractivity contribution < 1.29 is 19.4 Å². The van der Waals surface area contributed by atoms with Gasteiger partial charge in [-0.05, 0) is 55.5 Å². The number of ether oxygens (including phenoxy) is 2. The van der Waals surface area contributed by atoms with Crippen LogP contribution in [-0.4, -0.2) is 64.6 Å². The van der Waals surface area contributed by atoms with E-state index in [1.54, 1.807) is 53.4 Å². The molecule has 0 spiro atoms. The van der Waals surface area contributed by atoms with Crippen molar-refractivity contribution in [3.63, 3.8) is 0 Å². The summed E-state index contributed by atoms with van der Waals surface area (Å²) < 4.78 is 11.6. The van der Waals surface area contributed by atoms with Crippen molar-refractivity contribution in [3.8, 4) is 17.3 Å². The second-order valence-corrected chi connectivity index (χ2v) is 7.47. The van der Waals surface area contributed by atoms with E-state index in [4.69, 9.17) is 9.47 Å². The first-order valence-corrected chi connectivity index (χ1v) is 10.8. The molecule has 1 fully saturated rings. The molecule has 1 aromatic heterocycles. The van der Waals surface area contributed by atoms with Crippen molar-refractivity contribution in [2.24, 2.45) is 4.99 Å². The third kappa shape index (κ3) is 4.91. The lowest BCUT2D eigenvalue weighted by molar-refractivity contribution is 0.0303. The molecular formula is C24H24N4O6. The molecule has 176 valence electrons. The van der Waals surface area contributed by atoms with E-state index in [0.29, 0.717) is 55.6 Å². The fraction of sp³-hybridized carbons (Fsp3) is 0.250. The summed E-state index contributed by atoms with van der Waals surface area (Å²) >= 11 is 0. The first-order chi connectivity index (χ1) is 16.5. The highest BCUT2D eigenvalue weighted by molar-refractivity contribution is 5.94. The molecule has 0 bridgehead atoms. The van der Waals surface area contributed by atoms with Gasteiger partial charge in [0, 0.05) is 24.9 Å². The summed E-state index contributed by atoms with van der Waals surface area (Å²) in [6.45, 7) is 4.48. The van der Waals surface area contributed by atoms with Gasteiger partial charge in [-0.25, -0.2) is 9.36 Å². The first-order valence-electron chi connectivity index (χ1n) is 10.8. The van der Waals surface area contributed by atoms with Gasteiger partial charge in [0.15, 0.2) is 0 Å². The number of aromatic nitrogens is 2. The number of H-pyrrole nitrogens is 1. The van der Waals surface area contributed by atoms with Gasteiger partial charge in [-0.1, -0.05) is 0 Å². The third-order valence-corrected chi connectivity index (χ3v) is 5.28. The number of hydrogen-bond acceptors (Lipinski definition) is 7. The largest absolute Gasteiger partial charge is 0.494 e. The average molecular weight is 464 g/mol. The summed E-state index contributed by atoms with van der Waals surface area (Å²) in [4.78, 5) is 45.4. The van der Waals surface area contributed by atoms with Gasteiger partial charge in [-0.15, -0.1) is 0 Å². The number of aromatic hydroxyl groups is 1. The Kier molecular flexibility index (Phi) is 6.88. The summed E-state index contributed by atoms with van der Waals surface area (Å²) in [5.74, 6) is -0.0170. The Morgan fingerprint density at radius 2 is 1.79 bits per heavy atom. The van der Waals surface area contributed by atoms with Crippen molar-refractivity contribution in [2.45, 2.75) is 6.92 Å². The van der Waals surface area contributed by atoms with Gasteiger partial charge in [0.2, 0.25) is 5.88 Å². The average Bonchev–Trinajstić information content (AvgIpc) is 2.85. The molecule has 1 aliphatic heterocycles. The van der Waals surface area contributed by atoms with E-state index in [9.17, 15) is 19.5 Å². The minimum Gasteiger partial charge on any atom is -0.494 e. The number of carbonyl (C=O) groups is 1. The van der Waals surface area contributed by atoms with Crippen molar-refractivity contribution in [1.82, 2.24) is 14.5 Å². The standard InChI is InChI=1S/C24H24N4O6/c1-2-34-19-9-7-18(8-10-19)28-23(31)20(21(29)26-24(28)32)15-25-17-5-3-16(4-6-17)22(30)27-11-13-33-14-12-27/h3-10,15,31H,2,11-14H2,1H3,(H,26,29,32). The second kappa shape index (κ2) is 10.2. The van der Waals surface area contributed by atoms with Crippen molar-refractivity contribution in [1.29, 1.82) is 0 Å². The van der Waals surface area contributed by atoms with E-state index >= 15 is 0 Å². The highest BCUT2D eigenvalue weighted by atomic mass is 16.5. The lowest BCUT2D eigenvalue weighted by Crippen LogP contribution is -2.40. The maximum Gasteiger partial charge on any atom is 0.335 e. The molecule has 0 atom stereocenters. The molecular weight excluding hydrogens is 440 g/mol. The minimum atomic E-state index is -0.783. The van der Waals surface area contributed by atoms with Crippen LogP contribution >= 0.6 is 0 Å². The minimum absolute atomic E-state index is 0.0876. The number of carbonyl (C=O) groups excluding carboxylic acids is 1. The Labute approximate surface area is 194 Å². The van der Waals surface area contributed by atoms with Gasteiger partial charge >= 0.3 is 5.69 Å². The second-order valence-electron chi connectivity index (χ2n) is 7.47. The molecule has 2 heterocycles.